The number of nitrogen functional groups attached to an aromatic ring is 1. The summed E-state index contributed by atoms with van der Waals surface area (Å²) in [6, 6.07) is 6.51. The third-order valence-electron chi connectivity index (χ3n) is 3.55. The molecule has 3 N–H and O–H groups in total. The Labute approximate surface area is 139 Å². The fraction of sp³-hybridized carbons (Fsp3) is 0.200. The van der Waals surface area contributed by atoms with E-state index in [1.54, 1.807) is 19.1 Å². The van der Waals surface area contributed by atoms with Crippen LogP contribution in [0, 0.1) is 18.3 Å². The maximum atomic E-state index is 12.1. The average Bonchev–Trinajstić information content (AvgIpc) is 2.91. The Kier molecular flexibility index (Phi) is 4.64. The topological polar surface area (TPSA) is 127 Å². The van der Waals surface area contributed by atoms with Crippen LogP contribution in [0.1, 0.15) is 21.6 Å². The van der Waals surface area contributed by atoms with Gasteiger partial charge in [0.1, 0.15) is 6.07 Å². The maximum Gasteiger partial charge on any atom is 0.357 e. The predicted molar refractivity (Wildman–Crippen MR) is 87.2 cm³/mol. The summed E-state index contributed by atoms with van der Waals surface area (Å²) in [5.41, 5.74) is 6.76. The number of sulfonamides is 1. The van der Waals surface area contributed by atoms with Crippen molar-refractivity contribution in [3.63, 3.8) is 0 Å². The van der Waals surface area contributed by atoms with Gasteiger partial charge < -0.3 is 15.0 Å². The summed E-state index contributed by atoms with van der Waals surface area (Å²) in [6.07, 6.45) is 1.36. The Balaban J connectivity index is 2.77. The van der Waals surface area contributed by atoms with Gasteiger partial charge in [-0.1, -0.05) is 6.07 Å². The van der Waals surface area contributed by atoms with Crippen LogP contribution in [0.3, 0.4) is 0 Å². The van der Waals surface area contributed by atoms with Crippen molar-refractivity contribution < 1.29 is 17.9 Å². The number of nitrogens with zero attached hydrogens (tertiary/aromatic N) is 2. The van der Waals surface area contributed by atoms with E-state index >= 15 is 0 Å². The monoisotopic (exact) mass is 348 g/mol. The van der Waals surface area contributed by atoms with Crippen LogP contribution in [-0.2, 0) is 14.8 Å². The van der Waals surface area contributed by atoms with Gasteiger partial charge >= 0.3 is 5.97 Å². The molecule has 0 saturated carbocycles. The molecule has 0 aliphatic carbocycles. The van der Waals surface area contributed by atoms with E-state index in [2.05, 4.69) is 4.72 Å². The summed E-state index contributed by atoms with van der Waals surface area (Å²) in [7, 11) is -1.18. The zero-order valence-corrected chi connectivity index (χ0v) is 14.1. The normalized spacial score (nSPS) is 11.1. The number of nitrogens with two attached hydrogens (primary N) is 1. The molecular weight excluding hydrogens is 332 g/mol. The number of ether oxygens (including phenoxy) is 1. The summed E-state index contributed by atoms with van der Waals surface area (Å²) >= 11 is 0. The summed E-state index contributed by atoms with van der Waals surface area (Å²) < 4.78 is 32.5. The van der Waals surface area contributed by atoms with Gasteiger partial charge in [0.15, 0.2) is 5.69 Å². The lowest BCUT2D eigenvalue weighted by atomic mass is 10.2. The van der Waals surface area contributed by atoms with E-state index in [4.69, 9.17) is 15.7 Å². The smallest absolute Gasteiger partial charge is 0.357 e. The fourth-order valence-corrected chi connectivity index (χ4v) is 3.24. The number of hydrogen-bond donors (Lipinski definition) is 2. The highest BCUT2D eigenvalue weighted by Gasteiger charge is 2.23. The number of aromatic nitrogens is 1. The second kappa shape index (κ2) is 6.35. The minimum atomic E-state index is -3.68. The van der Waals surface area contributed by atoms with Crippen molar-refractivity contribution in [2.75, 3.05) is 19.9 Å². The summed E-state index contributed by atoms with van der Waals surface area (Å²) in [5.74, 6) is -0.729. The molecule has 0 aliphatic heterocycles. The Morgan fingerprint density at radius 1 is 1.42 bits per heavy atom. The van der Waals surface area contributed by atoms with Crippen molar-refractivity contribution >= 4 is 21.7 Å². The molecule has 0 amide bonds. The quantitative estimate of drug-likeness (QED) is 0.791. The van der Waals surface area contributed by atoms with Gasteiger partial charge in [-0.15, -0.1) is 0 Å². The zero-order valence-electron chi connectivity index (χ0n) is 13.3. The molecule has 2 rings (SSSR count). The Bertz CT molecular complexity index is 955. The van der Waals surface area contributed by atoms with Gasteiger partial charge in [0.2, 0.25) is 10.0 Å². The molecule has 0 bridgehead atoms. The first-order valence-electron chi connectivity index (χ1n) is 6.80. The first kappa shape index (κ1) is 17.5. The number of carbonyl (C=O) groups is 1. The minimum Gasteiger partial charge on any atom is -0.464 e. The van der Waals surface area contributed by atoms with Crippen LogP contribution in [0.25, 0.3) is 5.69 Å². The molecule has 126 valence electrons. The highest BCUT2D eigenvalue weighted by molar-refractivity contribution is 7.89. The lowest BCUT2D eigenvalue weighted by Crippen LogP contribution is -2.20. The van der Waals surface area contributed by atoms with Crippen molar-refractivity contribution in [2.24, 2.45) is 0 Å². The molecule has 0 fully saturated rings. The highest BCUT2D eigenvalue weighted by Crippen LogP contribution is 2.27. The average molecular weight is 348 g/mol. The van der Waals surface area contributed by atoms with E-state index in [1.807, 2.05) is 6.07 Å². The Morgan fingerprint density at radius 3 is 2.62 bits per heavy atom. The number of anilines is 1. The number of rotatable bonds is 4. The summed E-state index contributed by atoms with van der Waals surface area (Å²) in [5, 5.41) is 9.12. The number of esters is 1. The number of benzene rings is 1. The number of hydrogen-bond acceptors (Lipinski definition) is 6. The fourth-order valence-electron chi connectivity index (χ4n) is 2.26. The van der Waals surface area contributed by atoms with Crippen LogP contribution < -0.4 is 10.5 Å². The second-order valence-electron chi connectivity index (χ2n) is 4.94. The molecule has 0 aliphatic rings. The molecule has 1 heterocycles. The summed E-state index contributed by atoms with van der Waals surface area (Å²) in [6.45, 7) is 1.65. The van der Waals surface area contributed by atoms with Gasteiger partial charge in [0, 0.05) is 11.9 Å². The van der Waals surface area contributed by atoms with Crippen LogP contribution in [0.4, 0.5) is 5.69 Å². The molecule has 2 aromatic rings. The van der Waals surface area contributed by atoms with Crippen LogP contribution in [0.15, 0.2) is 29.3 Å². The third-order valence-corrected chi connectivity index (χ3v) is 5.11. The molecule has 8 nitrogen and oxygen atoms in total. The Hall–Kier alpha value is -2.83. The van der Waals surface area contributed by atoms with Crippen molar-refractivity contribution in [1.82, 2.24) is 9.29 Å². The van der Waals surface area contributed by atoms with Gasteiger partial charge in [-0.3, -0.25) is 0 Å². The SMILES string of the molecule is CNS(=O)(=O)c1cc(-n2cc(C#N)c(N)c2C(=O)OC)ccc1C. The van der Waals surface area contributed by atoms with Crippen LogP contribution in [0.2, 0.25) is 0 Å². The maximum absolute atomic E-state index is 12.1. The predicted octanol–water partition coefficient (Wildman–Crippen LogP) is 0.934. The number of nitriles is 1. The minimum absolute atomic E-state index is 0.0250. The molecule has 0 unspecified atom stereocenters. The van der Waals surface area contributed by atoms with Crippen molar-refractivity contribution in [2.45, 2.75) is 11.8 Å². The largest absolute Gasteiger partial charge is 0.464 e. The summed E-state index contributed by atoms with van der Waals surface area (Å²) in [4.78, 5) is 12.1. The lowest BCUT2D eigenvalue weighted by molar-refractivity contribution is 0.0593. The molecular formula is C15H16N4O4S. The first-order chi connectivity index (χ1) is 11.3. The van der Waals surface area contributed by atoms with E-state index < -0.39 is 16.0 Å². The van der Waals surface area contributed by atoms with E-state index in [9.17, 15) is 13.2 Å². The van der Waals surface area contributed by atoms with Crippen molar-refractivity contribution in [1.29, 1.82) is 5.26 Å². The standard InChI is InChI=1S/C15H16N4O4S/c1-9-4-5-11(6-12(9)24(21,22)18-2)19-8-10(7-16)13(17)14(19)15(20)23-3/h4-6,8,18H,17H2,1-3H3. The Morgan fingerprint density at radius 2 is 2.08 bits per heavy atom. The lowest BCUT2D eigenvalue weighted by Gasteiger charge is -2.12. The molecule has 0 saturated heterocycles. The molecule has 1 aromatic heterocycles. The second-order valence-corrected chi connectivity index (χ2v) is 6.79. The molecule has 1 aromatic carbocycles. The van der Waals surface area contributed by atoms with E-state index in [1.165, 1.54) is 31.0 Å². The van der Waals surface area contributed by atoms with Crippen LogP contribution in [-0.4, -0.2) is 33.1 Å². The highest BCUT2D eigenvalue weighted by atomic mass is 32.2. The molecule has 0 radical (unpaired) electrons. The van der Waals surface area contributed by atoms with Crippen molar-refractivity contribution in [3.8, 4) is 11.8 Å². The number of nitrogens with one attached hydrogen (secondary N) is 1. The third kappa shape index (κ3) is 2.84. The van der Waals surface area contributed by atoms with Crippen LogP contribution in [0.5, 0.6) is 0 Å². The van der Waals surface area contributed by atoms with Gasteiger partial charge in [0.25, 0.3) is 0 Å². The van der Waals surface area contributed by atoms with Gasteiger partial charge in [-0.2, -0.15) is 5.26 Å². The van der Waals surface area contributed by atoms with Gasteiger partial charge in [-0.25, -0.2) is 17.9 Å². The zero-order chi connectivity index (χ0) is 18.1. The van der Waals surface area contributed by atoms with Gasteiger partial charge in [0.05, 0.1) is 23.3 Å². The number of methoxy groups -OCH3 is 1. The molecule has 9 heteroatoms. The first-order valence-corrected chi connectivity index (χ1v) is 8.29. The molecule has 0 spiro atoms. The van der Waals surface area contributed by atoms with Crippen LogP contribution >= 0.6 is 0 Å². The number of aryl methyl sites for hydroxylation is 1. The molecule has 24 heavy (non-hydrogen) atoms. The van der Waals surface area contributed by atoms with E-state index in [0.29, 0.717) is 11.3 Å². The molecule has 0 atom stereocenters. The number of carbonyl (C=O) groups excluding carboxylic acids is 1. The van der Waals surface area contributed by atoms with E-state index in [0.717, 1.165) is 0 Å². The van der Waals surface area contributed by atoms with Gasteiger partial charge in [-0.05, 0) is 31.7 Å². The van der Waals surface area contributed by atoms with E-state index in [-0.39, 0.29) is 21.8 Å². The van der Waals surface area contributed by atoms with Crippen molar-refractivity contribution in [3.05, 3.63) is 41.2 Å².